The number of hydrogen-bond donors (Lipinski definition) is 2. The zero-order valence-electron chi connectivity index (χ0n) is 19.4. The van der Waals surface area contributed by atoms with Crippen molar-refractivity contribution in [1.82, 2.24) is 0 Å². The van der Waals surface area contributed by atoms with Gasteiger partial charge in [0.15, 0.2) is 5.60 Å². The van der Waals surface area contributed by atoms with Gasteiger partial charge in [0.2, 0.25) is 0 Å². The minimum absolute atomic E-state index is 0.00624. The van der Waals surface area contributed by atoms with E-state index in [9.17, 15) is 9.59 Å². The normalized spacial score (nSPS) is 12.3. The molecule has 5 nitrogen and oxygen atoms in total. The molecule has 0 aliphatic carbocycles. The third-order valence-corrected chi connectivity index (χ3v) is 5.60. The van der Waals surface area contributed by atoms with Crippen LogP contribution in [0.4, 0.5) is 5.69 Å². The fourth-order valence-corrected chi connectivity index (χ4v) is 3.51. The molecule has 1 amide bonds. The van der Waals surface area contributed by atoms with E-state index in [0.717, 1.165) is 15.6 Å². The van der Waals surface area contributed by atoms with Gasteiger partial charge < -0.3 is 15.2 Å². The molecule has 1 atom stereocenters. The summed E-state index contributed by atoms with van der Waals surface area (Å²) in [7, 11) is 0. The zero-order chi connectivity index (χ0) is 24.1. The number of anilines is 1. The topological polar surface area (TPSA) is 75.6 Å². The van der Waals surface area contributed by atoms with E-state index in [1.807, 2.05) is 18.2 Å². The van der Waals surface area contributed by atoms with E-state index < -0.39 is 17.5 Å². The number of rotatable bonds is 7. The maximum Gasteiger partial charge on any atom is 0.304 e. The van der Waals surface area contributed by atoms with Gasteiger partial charge in [0.25, 0.3) is 5.91 Å². The van der Waals surface area contributed by atoms with Crippen molar-refractivity contribution in [3.05, 3.63) is 58.1 Å². The number of halogens is 1. The highest BCUT2D eigenvalue weighted by atomic mass is 79.9. The standard InChI is InChI=1S/C26H30BrNO4/c1-7-8-18(15-23(29)30)17-9-12-20(13-10-17)28-24(31)26(5,6)32-22-14-11-19(16-21(22)27)25(2,3)4/h9-14,16,18H,15H2,1-6H3,(H,28,31)(H,29,30). The molecular weight excluding hydrogens is 470 g/mol. The molecule has 32 heavy (non-hydrogen) atoms. The lowest BCUT2D eigenvalue weighted by molar-refractivity contribution is -0.137. The molecule has 0 bridgehead atoms. The van der Waals surface area contributed by atoms with Crippen molar-refractivity contribution in [3.63, 3.8) is 0 Å². The minimum atomic E-state index is -1.12. The summed E-state index contributed by atoms with van der Waals surface area (Å²) in [5.74, 6) is 4.68. The van der Waals surface area contributed by atoms with E-state index in [0.29, 0.717) is 11.4 Å². The number of aliphatic carboxylic acids is 1. The average molecular weight is 500 g/mol. The summed E-state index contributed by atoms with van der Waals surface area (Å²) < 4.78 is 6.82. The number of carbonyl (C=O) groups excluding carboxylic acids is 1. The second-order valence-corrected chi connectivity index (χ2v) is 9.98. The third-order valence-electron chi connectivity index (χ3n) is 4.98. The summed E-state index contributed by atoms with van der Waals surface area (Å²) in [5, 5.41) is 12.0. The summed E-state index contributed by atoms with van der Waals surface area (Å²) in [6, 6.07) is 12.9. The lowest BCUT2D eigenvalue weighted by atomic mass is 9.87. The minimum Gasteiger partial charge on any atom is -0.481 e. The Hall–Kier alpha value is -2.78. The van der Waals surface area contributed by atoms with E-state index in [4.69, 9.17) is 9.84 Å². The van der Waals surface area contributed by atoms with Gasteiger partial charge in [-0.1, -0.05) is 44.9 Å². The van der Waals surface area contributed by atoms with Crippen LogP contribution in [0.25, 0.3) is 0 Å². The average Bonchev–Trinajstić information content (AvgIpc) is 2.68. The molecule has 0 fully saturated rings. The SMILES string of the molecule is CC#CC(CC(=O)O)c1ccc(NC(=O)C(C)(C)Oc2ccc(C(C)(C)C)cc2Br)cc1. The fraction of sp³-hybridized carbons (Fsp3) is 0.385. The van der Waals surface area contributed by atoms with Crippen molar-refractivity contribution >= 4 is 33.5 Å². The highest BCUT2D eigenvalue weighted by Crippen LogP contribution is 2.33. The molecule has 0 heterocycles. The van der Waals surface area contributed by atoms with Gasteiger partial charge in [-0.3, -0.25) is 9.59 Å². The van der Waals surface area contributed by atoms with Crippen LogP contribution in [0.5, 0.6) is 5.75 Å². The molecule has 2 aromatic rings. The number of benzene rings is 2. The Bertz CT molecular complexity index is 1040. The monoisotopic (exact) mass is 499 g/mol. The highest BCUT2D eigenvalue weighted by Gasteiger charge is 2.31. The maximum atomic E-state index is 12.9. The van der Waals surface area contributed by atoms with E-state index in [1.165, 1.54) is 0 Å². The lowest BCUT2D eigenvalue weighted by Crippen LogP contribution is -2.42. The second-order valence-electron chi connectivity index (χ2n) is 9.13. The molecular formula is C26H30BrNO4. The van der Waals surface area contributed by atoms with E-state index in [1.54, 1.807) is 45.0 Å². The van der Waals surface area contributed by atoms with Gasteiger partial charge in [0.1, 0.15) is 5.75 Å². The predicted molar refractivity (Wildman–Crippen MR) is 131 cm³/mol. The fourth-order valence-electron chi connectivity index (χ4n) is 3.05. The van der Waals surface area contributed by atoms with Gasteiger partial charge in [0.05, 0.1) is 16.8 Å². The summed E-state index contributed by atoms with van der Waals surface area (Å²) in [6.07, 6.45) is -0.0731. The Morgan fingerprint density at radius 3 is 2.22 bits per heavy atom. The lowest BCUT2D eigenvalue weighted by Gasteiger charge is -2.27. The van der Waals surface area contributed by atoms with Crippen LogP contribution in [-0.4, -0.2) is 22.6 Å². The number of hydrogen-bond acceptors (Lipinski definition) is 3. The molecule has 0 spiro atoms. The van der Waals surface area contributed by atoms with Gasteiger partial charge in [-0.05, 0) is 77.5 Å². The van der Waals surface area contributed by atoms with Crippen LogP contribution in [0.1, 0.15) is 65.0 Å². The summed E-state index contributed by atoms with van der Waals surface area (Å²) in [4.78, 5) is 24.0. The number of ether oxygens (including phenoxy) is 1. The van der Waals surface area contributed by atoms with Crippen LogP contribution in [-0.2, 0) is 15.0 Å². The van der Waals surface area contributed by atoms with Crippen LogP contribution in [0.15, 0.2) is 46.9 Å². The van der Waals surface area contributed by atoms with E-state index in [2.05, 4.69) is 53.9 Å². The van der Waals surface area contributed by atoms with Crippen LogP contribution in [0.3, 0.4) is 0 Å². The highest BCUT2D eigenvalue weighted by molar-refractivity contribution is 9.10. The Balaban J connectivity index is 2.12. The molecule has 0 aliphatic rings. The maximum absolute atomic E-state index is 12.9. The molecule has 2 N–H and O–H groups in total. The number of carboxylic acid groups (broad SMARTS) is 1. The number of carboxylic acids is 1. The molecule has 6 heteroatoms. The van der Waals surface area contributed by atoms with Crippen LogP contribution in [0.2, 0.25) is 0 Å². The third kappa shape index (κ3) is 6.86. The molecule has 0 saturated heterocycles. The number of carbonyl (C=O) groups is 2. The quantitative estimate of drug-likeness (QED) is 0.449. The van der Waals surface area contributed by atoms with Gasteiger partial charge >= 0.3 is 5.97 Å². The molecule has 2 rings (SSSR count). The Kier molecular flexibility index (Phi) is 8.14. The van der Waals surface area contributed by atoms with Crippen molar-refractivity contribution in [1.29, 1.82) is 0 Å². The second kappa shape index (κ2) is 10.2. The molecule has 0 aromatic heterocycles. The van der Waals surface area contributed by atoms with Crippen LogP contribution in [0, 0.1) is 11.8 Å². The number of amides is 1. The van der Waals surface area contributed by atoms with Gasteiger partial charge in [-0.2, -0.15) is 0 Å². The van der Waals surface area contributed by atoms with Gasteiger partial charge in [0, 0.05) is 5.69 Å². The first-order valence-electron chi connectivity index (χ1n) is 10.4. The molecule has 0 saturated carbocycles. The van der Waals surface area contributed by atoms with Crippen molar-refractivity contribution < 1.29 is 19.4 Å². The first kappa shape index (κ1) is 25.5. The summed E-state index contributed by atoms with van der Waals surface area (Å²) in [6.45, 7) is 11.5. The van der Waals surface area contributed by atoms with Crippen molar-refractivity contribution in [3.8, 4) is 17.6 Å². The molecule has 0 radical (unpaired) electrons. The van der Waals surface area contributed by atoms with E-state index in [-0.39, 0.29) is 17.7 Å². The predicted octanol–water partition coefficient (Wildman–Crippen LogP) is 6.12. The molecule has 0 aliphatic heterocycles. The Morgan fingerprint density at radius 2 is 1.72 bits per heavy atom. The van der Waals surface area contributed by atoms with Crippen LogP contribution < -0.4 is 10.1 Å². The smallest absolute Gasteiger partial charge is 0.304 e. The van der Waals surface area contributed by atoms with E-state index >= 15 is 0 Å². The van der Waals surface area contributed by atoms with Crippen molar-refractivity contribution in [2.75, 3.05) is 5.32 Å². The Morgan fingerprint density at radius 1 is 1.09 bits per heavy atom. The first-order valence-corrected chi connectivity index (χ1v) is 11.2. The zero-order valence-corrected chi connectivity index (χ0v) is 21.0. The van der Waals surface area contributed by atoms with Gasteiger partial charge in [-0.25, -0.2) is 0 Å². The van der Waals surface area contributed by atoms with Gasteiger partial charge in [-0.15, -0.1) is 5.92 Å². The Labute approximate surface area is 198 Å². The first-order chi connectivity index (χ1) is 14.8. The molecule has 2 aromatic carbocycles. The summed E-state index contributed by atoms with van der Waals surface area (Å²) in [5.41, 5.74) is 1.43. The summed E-state index contributed by atoms with van der Waals surface area (Å²) >= 11 is 3.55. The largest absolute Gasteiger partial charge is 0.481 e. The van der Waals surface area contributed by atoms with Crippen molar-refractivity contribution in [2.24, 2.45) is 0 Å². The number of nitrogens with one attached hydrogen (secondary N) is 1. The molecule has 170 valence electrons. The van der Waals surface area contributed by atoms with Crippen LogP contribution >= 0.6 is 15.9 Å². The molecule has 1 unspecified atom stereocenters. The van der Waals surface area contributed by atoms with Crippen molar-refractivity contribution in [2.45, 2.75) is 64.9 Å².